The maximum atomic E-state index is 12.5. The first kappa shape index (κ1) is 17.4. The number of aromatic nitrogens is 5. The average molecular weight is 388 g/mol. The van der Waals surface area contributed by atoms with Gasteiger partial charge in [-0.15, -0.1) is 5.10 Å². The minimum Gasteiger partial charge on any atom is -0.366 e. The number of nitrogens with two attached hydrogens (primary N) is 1. The van der Waals surface area contributed by atoms with E-state index in [1.807, 2.05) is 30.5 Å². The number of benzene rings is 1. The van der Waals surface area contributed by atoms with Crippen molar-refractivity contribution < 1.29 is 4.79 Å². The van der Waals surface area contributed by atoms with Crippen molar-refractivity contribution in [2.45, 2.75) is 19.5 Å². The minimum absolute atomic E-state index is 0.121. The van der Waals surface area contributed by atoms with Crippen LogP contribution in [0.5, 0.6) is 0 Å². The summed E-state index contributed by atoms with van der Waals surface area (Å²) in [6.45, 7) is 1.97. The molecule has 3 aromatic heterocycles. The van der Waals surface area contributed by atoms with E-state index in [-0.39, 0.29) is 18.4 Å². The molecule has 0 spiro atoms. The summed E-state index contributed by atoms with van der Waals surface area (Å²) in [5.74, 6) is 0.108. The molecule has 0 radical (unpaired) electrons. The molecule has 9 heteroatoms. The smallest absolute Gasteiger partial charge is 0.246 e. The second kappa shape index (κ2) is 7.02. The van der Waals surface area contributed by atoms with Crippen molar-refractivity contribution in [3.8, 4) is 11.1 Å². The number of nitrogens with zero attached hydrogens (tertiary/aromatic N) is 5. The Hall–Kier alpha value is -3.72. The van der Waals surface area contributed by atoms with Crippen LogP contribution in [-0.2, 0) is 24.3 Å². The molecular weight excluding hydrogens is 368 g/mol. The summed E-state index contributed by atoms with van der Waals surface area (Å²) in [6, 6.07) is 9.87. The van der Waals surface area contributed by atoms with E-state index in [0.717, 1.165) is 36.3 Å². The zero-order chi connectivity index (χ0) is 19.8. The van der Waals surface area contributed by atoms with Crippen molar-refractivity contribution in [3.05, 3.63) is 60.0 Å². The molecule has 0 unspecified atom stereocenters. The number of pyridine rings is 1. The molecular formula is C20H20N8O. The molecule has 4 heterocycles. The molecule has 4 aromatic rings. The van der Waals surface area contributed by atoms with Crippen LogP contribution in [0.3, 0.4) is 0 Å². The zero-order valence-electron chi connectivity index (χ0n) is 15.7. The average Bonchev–Trinajstić information content (AvgIpc) is 3.32. The van der Waals surface area contributed by atoms with Gasteiger partial charge in [0, 0.05) is 30.2 Å². The number of carbonyl (C=O) groups is 1. The lowest BCUT2D eigenvalue weighted by molar-refractivity contribution is -0.116. The van der Waals surface area contributed by atoms with Gasteiger partial charge in [0.2, 0.25) is 11.9 Å². The third kappa shape index (κ3) is 3.55. The molecule has 0 atom stereocenters. The molecule has 1 aliphatic rings. The second-order valence-corrected chi connectivity index (χ2v) is 7.07. The van der Waals surface area contributed by atoms with Gasteiger partial charge in [-0.25, -0.2) is 4.52 Å². The third-order valence-electron chi connectivity index (χ3n) is 5.00. The van der Waals surface area contributed by atoms with Gasteiger partial charge in [0.1, 0.15) is 6.54 Å². The summed E-state index contributed by atoms with van der Waals surface area (Å²) in [7, 11) is 0. The molecule has 0 aliphatic carbocycles. The van der Waals surface area contributed by atoms with E-state index in [4.69, 9.17) is 5.73 Å². The SMILES string of the molecule is Nc1nc2cc(-c3cnn(CC(=O)Nc4ccc5c(c4)CNCC5)c3)ccn2n1. The number of carbonyl (C=O) groups excluding carboxylic acids is 1. The molecule has 29 heavy (non-hydrogen) atoms. The number of nitrogens with one attached hydrogen (secondary N) is 2. The topological polar surface area (TPSA) is 115 Å². The summed E-state index contributed by atoms with van der Waals surface area (Å²) in [5.41, 5.74) is 11.5. The Bertz CT molecular complexity index is 1210. The van der Waals surface area contributed by atoms with Crippen LogP contribution in [0.15, 0.2) is 48.9 Å². The second-order valence-electron chi connectivity index (χ2n) is 7.07. The van der Waals surface area contributed by atoms with Gasteiger partial charge in [-0.3, -0.25) is 9.48 Å². The van der Waals surface area contributed by atoms with Crippen LogP contribution in [0, 0.1) is 0 Å². The monoisotopic (exact) mass is 388 g/mol. The molecule has 146 valence electrons. The standard InChI is InChI=1S/C20H20N8O/c21-20-25-18-8-14(4-6-28(18)26-20)16-10-23-27(11-16)12-19(29)24-17-2-1-13-3-5-22-9-15(13)7-17/h1-2,4,6-8,10-11,22H,3,5,9,12H2,(H2,21,26)(H,24,29). The van der Waals surface area contributed by atoms with E-state index < -0.39 is 0 Å². The lowest BCUT2D eigenvalue weighted by Crippen LogP contribution is -2.24. The fourth-order valence-electron chi connectivity index (χ4n) is 3.58. The summed E-state index contributed by atoms with van der Waals surface area (Å²) < 4.78 is 3.23. The van der Waals surface area contributed by atoms with Gasteiger partial charge in [-0.05, 0) is 53.9 Å². The van der Waals surface area contributed by atoms with Crippen LogP contribution < -0.4 is 16.4 Å². The molecule has 5 rings (SSSR count). The van der Waals surface area contributed by atoms with E-state index in [0.29, 0.717) is 5.65 Å². The number of rotatable bonds is 4. The van der Waals surface area contributed by atoms with Crippen LogP contribution >= 0.6 is 0 Å². The lowest BCUT2D eigenvalue weighted by atomic mass is 10.0. The Kier molecular flexibility index (Phi) is 4.21. The zero-order valence-corrected chi connectivity index (χ0v) is 15.7. The van der Waals surface area contributed by atoms with E-state index in [9.17, 15) is 4.79 Å². The first-order valence-corrected chi connectivity index (χ1v) is 9.41. The minimum atomic E-state index is -0.121. The molecule has 0 bridgehead atoms. The Morgan fingerprint density at radius 3 is 3.07 bits per heavy atom. The number of hydrogen-bond donors (Lipinski definition) is 3. The summed E-state index contributed by atoms with van der Waals surface area (Å²) >= 11 is 0. The first-order valence-electron chi connectivity index (χ1n) is 9.41. The molecule has 0 saturated carbocycles. The highest BCUT2D eigenvalue weighted by molar-refractivity contribution is 5.90. The van der Waals surface area contributed by atoms with Crippen molar-refractivity contribution in [2.75, 3.05) is 17.6 Å². The molecule has 1 aromatic carbocycles. The van der Waals surface area contributed by atoms with Gasteiger partial charge in [0.15, 0.2) is 5.65 Å². The summed E-state index contributed by atoms with van der Waals surface area (Å²) in [6.07, 6.45) is 6.38. The number of fused-ring (bicyclic) bond motifs is 2. The van der Waals surface area contributed by atoms with Gasteiger partial charge in [-0.2, -0.15) is 10.1 Å². The Labute approximate surface area is 166 Å². The highest BCUT2D eigenvalue weighted by atomic mass is 16.2. The Balaban J connectivity index is 1.28. The molecule has 4 N–H and O–H groups in total. The van der Waals surface area contributed by atoms with Gasteiger partial charge in [0.05, 0.1) is 6.20 Å². The van der Waals surface area contributed by atoms with Crippen LogP contribution in [0.4, 0.5) is 11.6 Å². The maximum absolute atomic E-state index is 12.5. The van der Waals surface area contributed by atoms with Crippen molar-refractivity contribution in [2.24, 2.45) is 0 Å². The van der Waals surface area contributed by atoms with Crippen LogP contribution in [-0.4, -0.2) is 36.8 Å². The number of hydrogen-bond acceptors (Lipinski definition) is 6. The quantitative estimate of drug-likeness (QED) is 0.488. The Morgan fingerprint density at radius 2 is 2.14 bits per heavy atom. The predicted molar refractivity (Wildman–Crippen MR) is 109 cm³/mol. The van der Waals surface area contributed by atoms with Gasteiger partial charge in [0.25, 0.3) is 0 Å². The van der Waals surface area contributed by atoms with E-state index in [1.165, 1.54) is 11.1 Å². The lowest BCUT2D eigenvalue weighted by Gasteiger charge is -2.18. The fourth-order valence-corrected chi connectivity index (χ4v) is 3.58. The number of anilines is 2. The highest BCUT2D eigenvalue weighted by Gasteiger charge is 2.12. The normalized spacial score (nSPS) is 13.4. The van der Waals surface area contributed by atoms with Crippen LogP contribution in [0.25, 0.3) is 16.8 Å². The molecule has 1 amide bonds. The number of nitrogen functional groups attached to an aromatic ring is 1. The predicted octanol–water partition coefficient (Wildman–Crippen LogP) is 1.46. The molecule has 1 aliphatic heterocycles. The van der Waals surface area contributed by atoms with E-state index in [2.05, 4.69) is 31.9 Å². The molecule has 9 nitrogen and oxygen atoms in total. The van der Waals surface area contributed by atoms with Crippen molar-refractivity contribution >= 4 is 23.2 Å². The summed E-state index contributed by atoms with van der Waals surface area (Å²) in [5, 5.41) is 14.7. The fraction of sp³-hybridized carbons (Fsp3) is 0.200. The molecule has 0 saturated heterocycles. The van der Waals surface area contributed by atoms with E-state index in [1.54, 1.807) is 21.6 Å². The Morgan fingerprint density at radius 1 is 1.21 bits per heavy atom. The number of amides is 1. The van der Waals surface area contributed by atoms with Gasteiger partial charge >= 0.3 is 0 Å². The van der Waals surface area contributed by atoms with Crippen LogP contribution in [0.1, 0.15) is 11.1 Å². The van der Waals surface area contributed by atoms with Gasteiger partial charge in [-0.1, -0.05) is 6.07 Å². The third-order valence-corrected chi connectivity index (χ3v) is 5.00. The highest BCUT2D eigenvalue weighted by Crippen LogP contribution is 2.21. The maximum Gasteiger partial charge on any atom is 0.246 e. The summed E-state index contributed by atoms with van der Waals surface area (Å²) in [4.78, 5) is 16.6. The van der Waals surface area contributed by atoms with Crippen LogP contribution in [0.2, 0.25) is 0 Å². The van der Waals surface area contributed by atoms with Gasteiger partial charge < -0.3 is 16.4 Å². The van der Waals surface area contributed by atoms with E-state index >= 15 is 0 Å². The largest absolute Gasteiger partial charge is 0.366 e. The van der Waals surface area contributed by atoms with Crippen molar-refractivity contribution in [1.29, 1.82) is 0 Å². The first-order chi connectivity index (χ1) is 14.1. The van der Waals surface area contributed by atoms with Crippen molar-refractivity contribution in [1.82, 2.24) is 29.7 Å². The molecule has 0 fully saturated rings. The van der Waals surface area contributed by atoms with Crippen molar-refractivity contribution in [3.63, 3.8) is 0 Å².